The van der Waals surface area contributed by atoms with E-state index in [1.54, 1.807) is 19.1 Å². The van der Waals surface area contributed by atoms with Crippen LogP contribution in [0.15, 0.2) is 47.4 Å². The number of sulfone groups is 1. The zero-order valence-corrected chi connectivity index (χ0v) is 16.5. The van der Waals surface area contributed by atoms with E-state index in [2.05, 4.69) is 5.32 Å². The molecule has 0 unspecified atom stereocenters. The van der Waals surface area contributed by atoms with Crippen molar-refractivity contribution in [2.45, 2.75) is 11.8 Å². The van der Waals surface area contributed by atoms with Crippen molar-refractivity contribution in [2.75, 3.05) is 37.2 Å². The quantitative estimate of drug-likeness (QED) is 0.761. The number of hydrogen-bond acceptors (Lipinski definition) is 6. The predicted octanol–water partition coefficient (Wildman–Crippen LogP) is 2.26. The Morgan fingerprint density at radius 2 is 1.70 bits per heavy atom. The molecule has 0 fully saturated rings. The highest BCUT2D eigenvalue weighted by molar-refractivity contribution is 7.90. The fourth-order valence-corrected chi connectivity index (χ4v) is 2.95. The summed E-state index contributed by atoms with van der Waals surface area (Å²) in [6.07, 6.45) is 1.06. The van der Waals surface area contributed by atoms with Crippen LogP contribution in [0, 0.1) is 6.92 Å². The number of hydrogen-bond donors (Lipinski definition) is 1. The van der Waals surface area contributed by atoms with E-state index in [0.29, 0.717) is 11.3 Å². The zero-order chi connectivity index (χ0) is 20.2. The van der Waals surface area contributed by atoms with E-state index < -0.39 is 28.3 Å². The third-order valence-electron chi connectivity index (χ3n) is 3.86. The normalized spacial score (nSPS) is 11.0. The highest BCUT2D eigenvalue weighted by Gasteiger charge is 2.16. The summed E-state index contributed by atoms with van der Waals surface area (Å²) in [5.41, 5.74) is 2.24. The number of carbonyl (C=O) groups is 2. The minimum Gasteiger partial charge on any atom is -0.452 e. The summed E-state index contributed by atoms with van der Waals surface area (Å²) in [5, 5.41) is 2.63. The Morgan fingerprint density at radius 3 is 2.26 bits per heavy atom. The highest BCUT2D eigenvalue weighted by atomic mass is 32.2. The van der Waals surface area contributed by atoms with E-state index >= 15 is 0 Å². The second-order valence-corrected chi connectivity index (χ2v) is 8.33. The van der Waals surface area contributed by atoms with Crippen molar-refractivity contribution in [3.63, 3.8) is 0 Å². The molecule has 7 nitrogen and oxygen atoms in total. The molecule has 2 aromatic rings. The van der Waals surface area contributed by atoms with Crippen molar-refractivity contribution in [2.24, 2.45) is 0 Å². The van der Waals surface area contributed by atoms with Crippen molar-refractivity contribution in [1.82, 2.24) is 0 Å². The number of anilines is 2. The van der Waals surface area contributed by atoms with E-state index in [9.17, 15) is 18.0 Å². The predicted molar refractivity (Wildman–Crippen MR) is 104 cm³/mol. The lowest BCUT2D eigenvalue weighted by atomic mass is 10.1. The first-order valence-electron chi connectivity index (χ1n) is 8.13. The first kappa shape index (κ1) is 20.4. The van der Waals surface area contributed by atoms with Gasteiger partial charge in [-0.3, -0.25) is 4.79 Å². The molecule has 0 saturated heterocycles. The first-order chi connectivity index (χ1) is 12.6. The standard InChI is InChI=1S/C19H22N2O5S/c1-13-5-10-16(27(4,24)25)11-17(13)19(23)26-12-18(22)20-14-6-8-15(9-7-14)21(2)3/h5-11H,12H2,1-4H3,(H,20,22). The van der Waals surface area contributed by atoms with Crippen LogP contribution in [0.3, 0.4) is 0 Å². The van der Waals surface area contributed by atoms with E-state index in [1.165, 1.54) is 18.2 Å². The number of benzene rings is 2. The molecule has 0 atom stereocenters. The molecule has 1 amide bonds. The van der Waals surface area contributed by atoms with Gasteiger partial charge in [0.05, 0.1) is 10.5 Å². The molecule has 0 spiro atoms. The molecule has 8 heteroatoms. The summed E-state index contributed by atoms with van der Waals surface area (Å²) in [4.78, 5) is 26.2. The van der Waals surface area contributed by atoms with Gasteiger partial charge in [0.2, 0.25) is 0 Å². The van der Waals surface area contributed by atoms with Crippen LogP contribution in [0.25, 0.3) is 0 Å². The Bertz CT molecular complexity index is 951. The smallest absolute Gasteiger partial charge is 0.338 e. The maximum Gasteiger partial charge on any atom is 0.338 e. The summed E-state index contributed by atoms with van der Waals surface area (Å²) in [7, 11) is 0.373. The average Bonchev–Trinajstić information content (AvgIpc) is 2.59. The Hall–Kier alpha value is -2.87. The number of rotatable bonds is 6. The maximum atomic E-state index is 12.2. The summed E-state index contributed by atoms with van der Waals surface area (Å²) >= 11 is 0. The van der Waals surface area contributed by atoms with Gasteiger partial charge in [0.15, 0.2) is 16.4 Å². The van der Waals surface area contributed by atoms with Gasteiger partial charge in [0.1, 0.15) is 0 Å². The maximum absolute atomic E-state index is 12.2. The highest BCUT2D eigenvalue weighted by Crippen LogP contribution is 2.17. The van der Waals surface area contributed by atoms with Gasteiger partial charge in [0, 0.05) is 31.7 Å². The number of nitrogens with zero attached hydrogens (tertiary/aromatic N) is 1. The molecular formula is C19H22N2O5S. The number of carbonyl (C=O) groups excluding carboxylic acids is 2. The topological polar surface area (TPSA) is 92.8 Å². The van der Waals surface area contributed by atoms with E-state index in [4.69, 9.17) is 4.74 Å². The van der Waals surface area contributed by atoms with Crippen LogP contribution < -0.4 is 10.2 Å². The number of esters is 1. The molecule has 1 N–H and O–H groups in total. The molecule has 0 aliphatic rings. The first-order valence-corrected chi connectivity index (χ1v) is 10.0. The molecule has 2 rings (SSSR count). The zero-order valence-electron chi connectivity index (χ0n) is 15.6. The molecule has 0 heterocycles. The van der Waals surface area contributed by atoms with Gasteiger partial charge >= 0.3 is 5.97 Å². The summed E-state index contributed by atoms with van der Waals surface area (Å²) in [6.45, 7) is 1.19. The second kappa shape index (κ2) is 8.22. The van der Waals surface area contributed by atoms with Gasteiger partial charge in [0.25, 0.3) is 5.91 Å². The van der Waals surface area contributed by atoms with Crippen LogP contribution in [0.5, 0.6) is 0 Å². The SMILES string of the molecule is Cc1ccc(S(C)(=O)=O)cc1C(=O)OCC(=O)Nc1ccc(N(C)C)cc1. The van der Waals surface area contributed by atoms with Gasteiger partial charge in [-0.2, -0.15) is 0 Å². The van der Waals surface area contributed by atoms with Gasteiger partial charge in [-0.05, 0) is 48.9 Å². The molecular weight excluding hydrogens is 368 g/mol. The summed E-state index contributed by atoms with van der Waals surface area (Å²) < 4.78 is 28.3. The third-order valence-corrected chi connectivity index (χ3v) is 4.97. The molecule has 27 heavy (non-hydrogen) atoms. The van der Waals surface area contributed by atoms with Crippen LogP contribution in [-0.2, 0) is 19.4 Å². The fourth-order valence-electron chi connectivity index (χ4n) is 2.30. The van der Waals surface area contributed by atoms with E-state index in [0.717, 1.165) is 11.9 Å². The minimum absolute atomic E-state index is 0.0190. The molecule has 0 aromatic heterocycles. The molecule has 0 aliphatic heterocycles. The number of ether oxygens (including phenoxy) is 1. The monoisotopic (exact) mass is 390 g/mol. The molecule has 0 radical (unpaired) electrons. The third kappa shape index (κ3) is 5.55. The largest absolute Gasteiger partial charge is 0.452 e. The van der Waals surface area contributed by atoms with Crippen LogP contribution in [0.1, 0.15) is 15.9 Å². The van der Waals surface area contributed by atoms with Crippen molar-refractivity contribution in [3.8, 4) is 0 Å². The van der Waals surface area contributed by atoms with E-state index in [-0.39, 0.29) is 10.5 Å². The lowest BCUT2D eigenvalue weighted by Gasteiger charge is -2.13. The van der Waals surface area contributed by atoms with Crippen LogP contribution >= 0.6 is 0 Å². The molecule has 0 bridgehead atoms. The van der Waals surface area contributed by atoms with Gasteiger partial charge in [-0.25, -0.2) is 13.2 Å². The number of amides is 1. The van der Waals surface area contributed by atoms with E-state index in [1.807, 2.05) is 31.1 Å². The Labute approximate surface area is 158 Å². The second-order valence-electron chi connectivity index (χ2n) is 6.31. The molecule has 0 aliphatic carbocycles. The van der Waals surface area contributed by atoms with Gasteiger partial charge < -0.3 is 15.0 Å². The Balaban J connectivity index is 2.00. The van der Waals surface area contributed by atoms with Crippen LogP contribution in [0.2, 0.25) is 0 Å². The molecule has 0 saturated carbocycles. The van der Waals surface area contributed by atoms with Crippen molar-refractivity contribution in [3.05, 3.63) is 53.6 Å². The lowest BCUT2D eigenvalue weighted by Crippen LogP contribution is -2.21. The number of aryl methyl sites for hydroxylation is 1. The molecule has 2 aromatic carbocycles. The number of nitrogens with one attached hydrogen (secondary N) is 1. The lowest BCUT2D eigenvalue weighted by molar-refractivity contribution is -0.119. The average molecular weight is 390 g/mol. The van der Waals surface area contributed by atoms with Crippen LogP contribution in [0.4, 0.5) is 11.4 Å². The van der Waals surface area contributed by atoms with Gasteiger partial charge in [-0.15, -0.1) is 0 Å². The van der Waals surface area contributed by atoms with Gasteiger partial charge in [-0.1, -0.05) is 6.07 Å². The summed E-state index contributed by atoms with van der Waals surface area (Å²) in [5.74, 6) is -1.24. The van der Waals surface area contributed by atoms with Crippen molar-refractivity contribution >= 4 is 33.1 Å². The van der Waals surface area contributed by atoms with Crippen molar-refractivity contribution in [1.29, 1.82) is 0 Å². The summed E-state index contributed by atoms with van der Waals surface area (Å²) in [6, 6.07) is 11.4. The Morgan fingerprint density at radius 1 is 1.07 bits per heavy atom. The fraction of sp³-hybridized carbons (Fsp3) is 0.263. The minimum atomic E-state index is -3.45. The Kier molecular flexibility index (Phi) is 6.22. The van der Waals surface area contributed by atoms with Crippen LogP contribution in [-0.4, -0.2) is 47.3 Å². The van der Waals surface area contributed by atoms with Crippen molar-refractivity contribution < 1.29 is 22.7 Å². The molecule has 144 valence electrons.